The standard InChI is InChI=1S/C26H40BrNO4/c1-18(9-8-10-19(2)22(29)13-15-26(3,4)31)11-12-20-17-23(30)25(32-7)24(27)21(20)14-16-28(5)6/h11,13,15,17,19,30-31H,8-10,12,14,16H2,1-7H3/b15-13+,18-11+/t19-/m1/s1. The van der Waals surface area contributed by atoms with E-state index in [1.807, 2.05) is 21.0 Å². The van der Waals surface area contributed by atoms with Crippen molar-refractivity contribution in [2.45, 2.75) is 65.4 Å². The highest BCUT2D eigenvalue weighted by Crippen LogP contribution is 2.39. The molecular formula is C26H40BrNO4. The highest BCUT2D eigenvalue weighted by molar-refractivity contribution is 9.10. The quantitative estimate of drug-likeness (QED) is 0.273. The van der Waals surface area contributed by atoms with Crippen LogP contribution in [0.3, 0.4) is 0 Å². The normalized spacial score (nSPS) is 13.8. The Kier molecular flexibility index (Phi) is 11.7. The van der Waals surface area contributed by atoms with Crippen molar-refractivity contribution < 1.29 is 19.7 Å². The van der Waals surface area contributed by atoms with E-state index in [1.165, 1.54) is 11.6 Å². The Labute approximate surface area is 202 Å². The Morgan fingerprint density at radius 2 is 2.00 bits per heavy atom. The van der Waals surface area contributed by atoms with E-state index >= 15 is 0 Å². The van der Waals surface area contributed by atoms with Gasteiger partial charge in [-0.05, 0) is 106 Å². The minimum atomic E-state index is -0.967. The smallest absolute Gasteiger partial charge is 0.174 e. The van der Waals surface area contributed by atoms with Gasteiger partial charge in [0.2, 0.25) is 0 Å². The van der Waals surface area contributed by atoms with Crippen LogP contribution in [0, 0.1) is 5.92 Å². The summed E-state index contributed by atoms with van der Waals surface area (Å²) in [6, 6.07) is 1.80. The van der Waals surface area contributed by atoms with Crippen LogP contribution in [-0.2, 0) is 17.6 Å². The van der Waals surface area contributed by atoms with E-state index in [-0.39, 0.29) is 17.5 Å². The third-order valence-corrected chi connectivity index (χ3v) is 6.27. The number of carbonyl (C=O) groups is 1. The van der Waals surface area contributed by atoms with E-state index in [0.717, 1.165) is 54.2 Å². The van der Waals surface area contributed by atoms with Gasteiger partial charge in [0.1, 0.15) is 0 Å². The number of hydrogen-bond acceptors (Lipinski definition) is 5. The number of nitrogens with zero attached hydrogens (tertiary/aromatic N) is 1. The molecule has 0 saturated heterocycles. The molecular weight excluding hydrogens is 470 g/mol. The first kappa shape index (κ1) is 28.4. The fraction of sp³-hybridized carbons (Fsp3) is 0.577. The van der Waals surface area contributed by atoms with Crippen molar-refractivity contribution in [3.8, 4) is 11.5 Å². The molecule has 0 saturated carbocycles. The van der Waals surface area contributed by atoms with Gasteiger partial charge in [0.25, 0.3) is 0 Å². The zero-order valence-corrected chi connectivity index (χ0v) is 22.3. The maximum absolute atomic E-state index is 12.2. The third kappa shape index (κ3) is 9.88. The van der Waals surface area contributed by atoms with Gasteiger partial charge in [0.05, 0.1) is 17.2 Å². The van der Waals surface area contributed by atoms with Crippen molar-refractivity contribution in [3.05, 3.63) is 45.5 Å². The number of aromatic hydroxyl groups is 1. The Balaban J connectivity index is 2.77. The molecule has 1 aromatic carbocycles. The number of halogens is 1. The van der Waals surface area contributed by atoms with E-state index in [2.05, 4.69) is 33.8 Å². The second-order valence-corrected chi connectivity index (χ2v) is 10.2. The Morgan fingerprint density at radius 1 is 1.34 bits per heavy atom. The maximum atomic E-state index is 12.2. The van der Waals surface area contributed by atoms with Crippen LogP contribution in [0.2, 0.25) is 0 Å². The van der Waals surface area contributed by atoms with Crippen molar-refractivity contribution >= 4 is 21.7 Å². The van der Waals surface area contributed by atoms with Crippen LogP contribution in [0.4, 0.5) is 0 Å². The van der Waals surface area contributed by atoms with E-state index in [4.69, 9.17) is 4.74 Å². The number of rotatable bonds is 13. The molecule has 32 heavy (non-hydrogen) atoms. The van der Waals surface area contributed by atoms with Crippen molar-refractivity contribution in [2.75, 3.05) is 27.7 Å². The number of likely N-dealkylation sites (N-methyl/N-ethyl adjacent to an activating group) is 1. The molecule has 0 spiro atoms. The average molecular weight is 511 g/mol. The Morgan fingerprint density at radius 3 is 2.56 bits per heavy atom. The summed E-state index contributed by atoms with van der Waals surface area (Å²) < 4.78 is 6.18. The van der Waals surface area contributed by atoms with Crippen LogP contribution < -0.4 is 4.74 Å². The second kappa shape index (κ2) is 13.2. The minimum absolute atomic E-state index is 0.0536. The fourth-order valence-corrected chi connectivity index (χ4v) is 4.17. The molecule has 0 heterocycles. The zero-order valence-electron chi connectivity index (χ0n) is 20.7. The van der Waals surface area contributed by atoms with Gasteiger partial charge >= 0.3 is 0 Å². The summed E-state index contributed by atoms with van der Waals surface area (Å²) in [5.74, 6) is 0.604. The lowest BCUT2D eigenvalue weighted by Crippen LogP contribution is -2.16. The molecule has 180 valence electrons. The van der Waals surface area contributed by atoms with Crippen molar-refractivity contribution in [1.82, 2.24) is 4.90 Å². The number of ether oxygens (including phenoxy) is 1. The summed E-state index contributed by atoms with van der Waals surface area (Å²) in [7, 11) is 5.65. The molecule has 0 bridgehead atoms. The summed E-state index contributed by atoms with van der Waals surface area (Å²) in [5, 5.41) is 20.1. The molecule has 1 atom stereocenters. The Hall–Kier alpha value is -1.63. The molecule has 5 nitrogen and oxygen atoms in total. The molecule has 0 amide bonds. The van der Waals surface area contributed by atoms with E-state index in [0.29, 0.717) is 5.75 Å². The van der Waals surface area contributed by atoms with Gasteiger partial charge in [0, 0.05) is 12.5 Å². The number of methoxy groups -OCH3 is 1. The van der Waals surface area contributed by atoms with Crippen LogP contribution in [0.5, 0.6) is 11.5 Å². The van der Waals surface area contributed by atoms with Gasteiger partial charge in [0.15, 0.2) is 17.3 Å². The maximum Gasteiger partial charge on any atom is 0.174 e. The second-order valence-electron chi connectivity index (χ2n) is 9.37. The third-order valence-electron chi connectivity index (χ3n) is 5.43. The van der Waals surface area contributed by atoms with Crippen LogP contribution in [0.15, 0.2) is 34.3 Å². The van der Waals surface area contributed by atoms with Crippen LogP contribution in [-0.4, -0.2) is 54.2 Å². The Bertz CT molecular complexity index is 822. The molecule has 0 aromatic heterocycles. The molecule has 0 radical (unpaired) electrons. The van der Waals surface area contributed by atoms with Gasteiger partial charge in [-0.1, -0.05) is 24.6 Å². The molecule has 0 aliphatic carbocycles. The van der Waals surface area contributed by atoms with Crippen molar-refractivity contribution in [2.24, 2.45) is 5.92 Å². The molecule has 2 N–H and O–H groups in total. The van der Waals surface area contributed by atoms with Gasteiger partial charge in [-0.2, -0.15) is 0 Å². The first-order chi connectivity index (χ1) is 14.9. The van der Waals surface area contributed by atoms with Gasteiger partial charge in [-0.25, -0.2) is 0 Å². The van der Waals surface area contributed by atoms with Gasteiger partial charge in [-0.15, -0.1) is 0 Å². The molecule has 1 rings (SSSR count). The van der Waals surface area contributed by atoms with Gasteiger partial charge in [-0.3, -0.25) is 4.79 Å². The van der Waals surface area contributed by atoms with E-state index in [1.54, 1.807) is 33.1 Å². The minimum Gasteiger partial charge on any atom is -0.504 e. The highest BCUT2D eigenvalue weighted by atomic mass is 79.9. The largest absolute Gasteiger partial charge is 0.504 e. The number of phenols is 1. The summed E-state index contributed by atoms with van der Waals surface area (Å²) in [5.41, 5.74) is 2.53. The fourth-order valence-electron chi connectivity index (χ4n) is 3.36. The average Bonchev–Trinajstić information content (AvgIpc) is 2.69. The molecule has 1 aromatic rings. The number of aliphatic hydroxyl groups is 1. The first-order valence-corrected chi connectivity index (χ1v) is 12.0. The lowest BCUT2D eigenvalue weighted by Gasteiger charge is -2.17. The summed E-state index contributed by atoms with van der Waals surface area (Å²) >= 11 is 3.62. The number of hydrogen-bond donors (Lipinski definition) is 2. The lowest BCUT2D eigenvalue weighted by atomic mass is 9.95. The molecule has 6 heteroatoms. The topological polar surface area (TPSA) is 70.0 Å². The van der Waals surface area contributed by atoms with E-state index in [9.17, 15) is 15.0 Å². The monoisotopic (exact) mass is 509 g/mol. The van der Waals surface area contributed by atoms with Crippen LogP contribution >= 0.6 is 15.9 Å². The number of allylic oxidation sites excluding steroid dienone is 3. The first-order valence-electron chi connectivity index (χ1n) is 11.2. The molecule has 0 aliphatic rings. The van der Waals surface area contributed by atoms with Gasteiger partial charge < -0.3 is 19.8 Å². The SMILES string of the molecule is COc1c(O)cc(C/C=C(\C)CCC[C@@H](C)C(=O)/C=C/C(C)(C)O)c(CCN(C)C)c1Br. The predicted octanol–water partition coefficient (Wildman–Crippen LogP) is 5.46. The summed E-state index contributed by atoms with van der Waals surface area (Å²) in [6.45, 7) is 8.25. The number of phenolic OH excluding ortho intramolecular Hbond substituents is 1. The zero-order chi connectivity index (χ0) is 24.5. The number of carbonyl (C=O) groups excluding carboxylic acids is 1. The predicted molar refractivity (Wildman–Crippen MR) is 136 cm³/mol. The number of ketones is 1. The molecule has 0 fully saturated rings. The van der Waals surface area contributed by atoms with Crippen molar-refractivity contribution in [1.29, 1.82) is 0 Å². The highest BCUT2D eigenvalue weighted by Gasteiger charge is 2.17. The van der Waals surface area contributed by atoms with Crippen LogP contribution in [0.25, 0.3) is 0 Å². The summed E-state index contributed by atoms with van der Waals surface area (Å²) in [6.07, 6.45) is 9.48. The van der Waals surface area contributed by atoms with Crippen LogP contribution in [0.1, 0.15) is 58.1 Å². The number of benzene rings is 1. The van der Waals surface area contributed by atoms with E-state index < -0.39 is 5.60 Å². The molecule has 0 unspecified atom stereocenters. The summed E-state index contributed by atoms with van der Waals surface area (Å²) in [4.78, 5) is 14.3. The lowest BCUT2D eigenvalue weighted by molar-refractivity contribution is -0.118. The molecule has 0 aliphatic heterocycles. The van der Waals surface area contributed by atoms with Crippen molar-refractivity contribution in [3.63, 3.8) is 0 Å².